The molecule has 0 aliphatic rings. The van der Waals surface area contributed by atoms with Gasteiger partial charge in [-0.3, -0.25) is 9.13 Å². The van der Waals surface area contributed by atoms with Gasteiger partial charge >= 0.3 is 15.2 Å². The first kappa shape index (κ1) is 18.3. The van der Waals surface area contributed by atoms with Crippen LogP contribution in [0.5, 0.6) is 5.75 Å². The van der Waals surface area contributed by atoms with Crippen LogP contribution in [0.2, 0.25) is 0 Å². The van der Waals surface area contributed by atoms with Crippen molar-refractivity contribution in [3.8, 4) is 5.75 Å². The van der Waals surface area contributed by atoms with Crippen molar-refractivity contribution in [1.29, 1.82) is 0 Å². The van der Waals surface area contributed by atoms with Crippen molar-refractivity contribution in [2.24, 2.45) is 5.92 Å². The highest BCUT2D eigenvalue weighted by Gasteiger charge is 2.28. The van der Waals surface area contributed by atoms with Crippen LogP contribution >= 0.6 is 15.2 Å². The maximum atomic E-state index is 12.7. The molecule has 0 spiro atoms. The van der Waals surface area contributed by atoms with Crippen LogP contribution in [0.1, 0.15) is 6.42 Å². The molecule has 4 N–H and O–H groups in total. The molecule has 21 heavy (non-hydrogen) atoms. The number of ether oxygens (including phenoxy) is 1. The number of halogens is 1. The van der Waals surface area contributed by atoms with Gasteiger partial charge in [-0.2, -0.15) is 0 Å². The molecule has 0 heterocycles. The van der Waals surface area contributed by atoms with E-state index >= 15 is 0 Å². The summed E-state index contributed by atoms with van der Waals surface area (Å²) in [6.07, 6.45) is -1.18. The molecule has 120 valence electrons. The Kier molecular flexibility index (Phi) is 6.53. The highest BCUT2D eigenvalue weighted by Crippen LogP contribution is 2.44. The van der Waals surface area contributed by atoms with E-state index in [1.54, 1.807) is 0 Å². The van der Waals surface area contributed by atoms with E-state index in [0.717, 1.165) is 0 Å². The molecule has 1 aromatic rings. The Balaban J connectivity index is 2.54. The topological polar surface area (TPSA) is 124 Å². The molecule has 0 saturated carbocycles. The van der Waals surface area contributed by atoms with Crippen LogP contribution in [0.15, 0.2) is 24.3 Å². The van der Waals surface area contributed by atoms with Gasteiger partial charge in [-0.05, 0) is 36.6 Å². The Morgan fingerprint density at radius 2 is 1.48 bits per heavy atom. The molecule has 7 nitrogen and oxygen atoms in total. The van der Waals surface area contributed by atoms with Crippen LogP contribution in [-0.4, -0.2) is 38.5 Å². The fourth-order valence-corrected chi connectivity index (χ4v) is 3.96. The standard InChI is InChI=1S/C11H17FO7P2/c12-10-1-3-11(4-2-10)19-6-5-9(7-20(13,14)15)8-21(16,17)18/h1-4,9H,5-8H2,(H2,13,14,15)(H2,16,17,18). The summed E-state index contributed by atoms with van der Waals surface area (Å²) >= 11 is 0. The second-order valence-corrected chi connectivity index (χ2v) is 8.04. The third-order valence-corrected chi connectivity index (χ3v) is 4.58. The number of benzene rings is 1. The van der Waals surface area contributed by atoms with Crippen LogP contribution in [0.3, 0.4) is 0 Å². The van der Waals surface area contributed by atoms with Gasteiger partial charge in [0.05, 0.1) is 18.9 Å². The molecule has 0 saturated heterocycles. The highest BCUT2D eigenvalue weighted by molar-refractivity contribution is 7.52. The number of hydrogen-bond acceptors (Lipinski definition) is 3. The Morgan fingerprint density at radius 1 is 1.00 bits per heavy atom. The summed E-state index contributed by atoms with van der Waals surface area (Å²) in [4.78, 5) is 35.6. The van der Waals surface area contributed by atoms with Gasteiger partial charge in [0.15, 0.2) is 0 Å². The van der Waals surface area contributed by atoms with E-state index in [2.05, 4.69) is 0 Å². The van der Waals surface area contributed by atoms with E-state index in [9.17, 15) is 13.5 Å². The predicted octanol–water partition coefficient (Wildman–Crippen LogP) is 1.57. The van der Waals surface area contributed by atoms with Crippen molar-refractivity contribution in [2.45, 2.75) is 6.42 Å². The molecule has 0 aromatic heterocycles. The molecule has 0 bridgehead atoms. The summed E-state index contributed by atoms with van der Waals surface area (Å²) in [5.41, 5.74) is 0. The van der Waals surface area contributed by atoms with Crippen LogP contribution in [-0.2, 0) is 9.13 Å². The molecule has 0 unspecified atom stereocenters. The Morgan fingerprint density at radius 3 is 1.90 bits per heavy atom. The van der Waals surface area contributed by atoms with Gasteiger partial charge in [0.1, 0.15) is 11.6 Å². The first-order valence-electron chi connectivity index (χ1n) is 6.03. The van der Waals surface area contributed by atoms with Gasteiger partial charge in [-0.15, -0.1) is 0 Å². The molecule has 0 amide bonds. The molecule has 0 fully saturated rings. The third-order valence-electron chi connectivity index (χ3n) is 2.60. The van der Waals surface area contributed by atoms with Crippen LogP contribution < -0.4 is 4.74 Å². The largest absolute Gasteiger partial charge is 0.494 e. The van der Waals surface area contributed by atoms with E-state index < -0.39 is 39.3 Å². The summed E-state index contributed by atoms with van der Waals surface area (Å²) < 4.78 is 39.8. The van der Waals surface area contributed by atoms with Crippen LogP contribution in [0.25, 0.3) is 0 Å². The Labute approximate surface area is 121 Å². The maximum Gasteiger partial charge on any atom is 0.325 e. The molecule has 1 aromatic carbocycles. The monoisotopic (exact) mass is 342 g/mol. The number of rotatable bonds is 8. The normalized spacial score (nSPS) is 12.7. The lowest BCUT2D eigenvalue weighted by Crippen LogP contribution is -2.16. The zero-order valence-electron chi connectivity index (χ0n) is 11.0. The summed E-state index contributed by atoms with van der Waals surface area (Å²) in [6.45, 7) is 0.0102. The van der Waals surface area contributed by atoms with Crippen molar-refractivity contribution in [3.05, 3.63) is 30.1 Å². The smallest absolute Gasteiger partial charge is 0.325 e. The van der Waals surface area contributed by atoms with Crippen molar-refractivity contribution >= 4 is 15.2 Å². The van der Waals surface area contributed by atoms with E-state index in [1.807, 2.05) is 0 Å². The van der Waals surface area contributed by atoms with E-state index in [4.69, 9.17) is 24.3 Å². The lowest BCUT2D eigenvalue weighted by molar-refractivity contribution is 0.279. The summed E-state index contributed by atoms with van der Waals surface area (Å²) in [6, 6.07) is 5.16. The van der Waals surface area contributed by atoms with Gasteiger partial charge in [0.25, 0.3) is 0 Å². The van der Waals surface area contributed by atoms with Gasteiger partial charge in [0, 0.05) is 0 Å². The second-order valence-electron chi connectivity index (χ2n) is 4.65. The average Bonchev–Trinajstić information content (AvgIpc) is 2.27. The fraction of sp³-hybridized carbons (Fsp3) is 0.455. The van der Waals surface area contributed by atoms with Gasteiger partial charge in [-0.1, -0.05) is 0 Å². The lowest BCUT2D eigenvalue weighted by Gasteiger charge is -2.18. The fourth-order valence-electron chi connectivity index (χ4n) is 1.79. The molecule has 0 radical (unpaired) electrons. The molecule has 10 heteroatoms. The molecule has 0 aliphatic heterocycles. The number of hydrogen-bond donors (Lipinski definition) is 4. The predicted molar refractivity (Wildman–Crippen MR) is 73.8 cm³/mol. The molecule has 1 rings (SSSR count). The third kappa shape index (κ3) is 8.98. The summed E-state index contributed by atoms with van der Waals surface area (Å²) in [5.74, 6) is -0.933. The minimum atomic E-state index is -4.38. The average molecular weight is 342 g/mol. The lowest BCUT2D eigenvalue weighted by atomic mass is 10.1. The van der Waals surface area contributed by atoms with Gasteiger partial charge < -0.3 is 24.3 Å². The van der Waals surface area contributed by atoms with Crippen molar-refractivity contribution in [2.75, 3.05) is 18.9 Å². The molecular formula is C11H17FO7P2. The zero-order valence-corrected chi connectivity index (χ0v) is 12.8. The molecular weight excluding hydrogens is 325 g/mol. The van der Waals surface area contributed by atoms with E-state index in [1.165, 1.54) is 24.3 Å². The van der Waals surface area contributed by atoms with Crippen molar-refractivity contribution in [3.63, 3.8) is 0 Å². The summed E-state index contributed by atoms with van der Waals surface area (Å²) in [7, 11) is -8.75. The van der Waals surface area contributed by atoms with Crippen LogP contribution in [0.4, 0.5) is 4.39 Å². The van der Waals surface area contributed by atoms with Gasteiger partial charge in [-0.25, -0.2) is 4.39 Å². The van der Waals surface area contributed by atoms with E-state index in [0.29, 0.717) is 5.75 Å². The van der Waals surface area contributed by atoms with Crippen molar-refractivity contribution < 1.29 is 37.8 Å². The van der Waals surface area contributed by atoms with Crippen molar-refractivity contribution in [1.82, 2.24) is 0 Å². The first-order chi connectivity index (χ1) is 9.55. The van der Waals surface area contributed by atoms with Gasteiger partial charge in [0.2, 0.25) is 0 Å². The first-order valence-corrected chi connectivity index (χ1v) is 9.62. The highest BCUT2D eigenvalue weighted by atomic mass is 31.2. The second kappa shape index (κ2) is 7.49. The SMILES string of the molecule is O=P(O)(O)CC(CCOc1ccc(F)cc1)CP(=O)(O)O. The minimum Gasteiger partial charge on any atom is -0.494 e. The summed E-state index contributed by atoms with van der Waals surface area (Å²) in [5, 5.41) is 0. The maximum absolute atomic E-state index is 12.7. The Bertz CT molecular complexity index is 512. The quantitative estimate of drug-likeness (QED) is 0.529. The van der Waals surface area contributed by atoms with E-state index in [-0.39, 0.29) is 13.0 Å². The zero-order chi connectivity index (χ0) is 16.1. The molecule has 0 atom stereocenters. The minimum absolute atomic E-state index is 0.0102. The molecule has 0 aliphatic carbocycles. The Hall–Kier alpha value is -0.750. The van der Waals surface area contributed by atoms with Crippen LogP contribution in [0, 0.1) is 11.7 Å².